The summed E-state index contributed by atoms with van der Waals surface area (Å²) in [6, 6.07) is 10.4. The first kappa shape index (κ1) is 13.1. The van der Waals surface area contributed by atoms with Crippen molar-refractivity contribution in [2.45, 2.75) is 19.5 Å². The predicted molar refractivity (Wildman–Crippen MR) is 80.1 cm³/mol. The molecule has 0 bridgehead atoms. The minimum absolute atomic E-state index is 0.0972. The molecule has 1 atom stereocenters. The summed E-state index contributed by atoms with van der Waals surface area (Å²) in [5.74, 6) is 0.634. The number of carbonyl (C=O) groups is 1. The van der Waals surface area contributed by atoms with Crippen molar-refractivity contribution < 1.29 is 9.53 Å². The lowest BCUT2D eigenvalue weighted by molar-refractivity contribution is -0.118. The second kappa shape index (κ2) is 5.64. The molecule has 0 saturated heterocycles. The van der Waals surface area contributed by atoms with Crippen LogP contribution in [0, 0.1) is 0 Å². The number of ether oxygens (including phenoxy) is 1. The van der Waals surface area contributed by atoms with Crippen LogP contribution in [0.3, 0.4) is 0 Å². The summed E-state index contributed by atoms with van der Waals surface area (Å²) in [6.07, 6.45) is 0. The van der Waals surface area contributed by atoms with E-state index < -0.39 is 0 Å². The number of benzene rings is 1. The zero-order valence-corrected chi connectivity index (χ0v) is 12.0. The topological polar surface area (TPSA) is 50.4 Å². The van der Waals surface area contributed by atoms with Gasteiger partial charge in [-0.3, -0.25) is 4.79 Å². The highest BCUT2D eigenvalue weighted by Gasteiger charge is 2.16. The Morgan fingerprint density at radius 1 is 1.45 bits per heavy atom. The Balaban J connectivity index is 1.66. The minimum Gasteiger partial charge on any atom is -0.482 e. The highest BCUT2D eigenvalue weighted by atomic mass is 32.1. The zero-order valence-electron chi connectivity index (χ0n) is 11.2. The first-order valence-electron chi connectivity index (χ1n) is 6.55. The van der Waals surface area contributed by atoms with Crippen LogP contribution >= 0.6 is 11.3 Å². The van der Waals surface area contributed by atoms with E-state index in [9.17, 15) is 4.79 Å². The van der Waals surface area contributed by atoms with E-state index in [4.69, 9.17) is 4.74 Å². The average Bonchev–Trinajstić information content (AvgIpc) is 2.98. The maximum absolute atomic E-state index is 11.3. The summed E-state index contributed by atoms with van der Waals surface area (Å²) in [4.78, 5) is 12.6. The number of nitrogens with one attached hydrogen (secondary N) is 2. The molecular formula is C15H16N2O2S. The van der Waals surface area contributed by atoms with Crippen molar-refractivity contribution in [3.05, 3.63) is 46.2 Å². The molecule has 0 fully saturated rings. The molecule has 1 aromatic carbocycles. The predicted octanol–water partition coefficient (Wildman–Crippen LogP) is 2.93. The molecule has 4 nitrogen and oxygen atoms in total. The highest BCUT2D eigenvalue weighted by Crippen LogP contribution is 2.28. The Morgan fingerprint density at radius 3 is 3.15 bits per heavy atom. The number of thiophene rings is 1. The van der Waals surface area contributed by atoms with E-state index in [2.05, 4.69) is 35.1 Å². The van der Waals surface area contributed by atoms with E-state index in [1.165, 1.54) is 4.88 Å². The SMILES string of the molecule is CC(NCc1ccc2c(c1)NC(=O)CO2)c1cccs1. The lowest BCUT2D eigenvalue weighted by Crippen LogP contribution is -2.25. The number of fused-ring (bicyclic) bond motifs is 1. The van der Waals surface area contributed by atoms with Gasteiger partial charge in [0.05, 0.1) is 5.69 Å². The third-order valence-electron chi connectivity index (χ3n) is 3.26. The van der Waals surface area contributed by atoms with Gasteiger partial charge in [-0.25, -0.2) is 0 Å². The Bertz CT molecular complexity index is 610. The van der Waals surface area contributed by atoms with Crippen molar-refractivity contribution in [2.75, 3.05) is 11.9 Å². The Morgan fingerprint density at radius 2 is 2.35 bits per heavy atom. The zero-order chi connectivity index (χ0) is 13.9. The van der Waals surface area contributed by atoms with Gasteiger partial charge in [-0.15, -0.1) is 11.3 Å². The van der Waals surface area contributed by atoms with Crippen LogP contribution < -0.4 is 15.4 Å². The van der Waals surface area contributed by atoms with Crippen LogP contribution in [-0.4, -0.2) is 12.5 Å². The molecule has 0 radical (unpaired) electrons. The second-order valence-electron chi connectivity index (χ2n) is 4.79. The number of hydrogen-bond acceptors (Lipinski definition) is 4. The number of carbonyl (C=O) groups excluding carboxylic acids is 1. The summed E-state index contributed by atoms with van der Waals surface area (Å²) in [5.41, 5.74) is 1.88. The second-order valence-corrected chi connectivity index (χ2v) is 5.76. The fourth-order valence-electron chi connectivity index (χ4n) is 2.15. The molecule has 2 aromatic rings. The van der Waals surface area contributed by atoms with Gasteiger partial charge in [-0.1, -0.05) is 12.1 Å². The standard InChI is InChI=1S/C15H16N2O2S/c1-10(14-3-2-6-20-14)16-8-11-4-5-13-12(7-11)17-15(18)9-19-13/h2-7,10,16H,8-9H2,1H3,(H,17,18). The molecule has 1 aliphatic heterocycles. The molecular weight excluding hydrogens is 272 g/mol. The van der Waals surface area contributed by atoms with Crippen LogP contribution in [0.5, 0.6) is 5.75 Å². The van der Waals surface area contributed by atoms with E-state index in [0.29, 0.717) is 6.04 Å². The number of anilines is 1. The van der Waals surface area contributed by atoms with Crippen LogP contribution in [0.25, 0.3) is 0 Å². The Kier molecular flexibility index (Phi) is 3.71. The maximum atomic E-state index is 11.3. The molecule has 1 amide bonds. The molecule has 1 aromatic heterocycles. The molecule has 2 N–H and O–H groups in total. The Hall–Kier alpha value is -1.85. The first-order valence-corrected chi connectivity index (χ1v) is 7.43. The smallest absolute Gasteiger partial charge is 0.262 e. The van der Waals surface area contributed by atoms with E-state index >= 15 is 0 Å². The first-order chi connectivity index (χ1) is 9.72. The summed E-state index contributed by atoms with van der Waals surface area (Å²) < 4.78 is 5.34. The lowest BCUT2D eigenvalue weighted by Gasteiger charge is -2.19. The maximum Gasteiger partial charge on any atom is 0.262 e. The van der Waals surface area contributed by atoms with Crippen LogP contribution in [-0.2, 0) is 11.3 Å². The van der Waals surface area contributed by atoms with Gasteiger partial charge in [0.1, 0.15) is 5.75 Å². The molecule has 1 unspecified atom stereocenters. The number of rotatable bonds is 4. The minimum atomic E-state index is -0.102. The van der Waals surface area contributed by atoms with Gasteiger partial charge in [0.2, 0.25) is 0 Å². The Labute approximate surface area is 121 Å². The quantitative estimate of drug-likeness (QED) is 0.909. The monoisotopic (exact) mass is 288 g/mol. The van der Waals surface area contributed by atoms with Crippen molar-refractivity contribution >= 4 is 22.9 Å². The normalized spacial score (nSPS) is 15.2. The molecule has 5 heteroatoms. The van der Waals surface area contributed by atoms with Gasteiger partial charge < -0.3 is 15.4 Å². The lowest BCUT2D eigenvalue weighted by atomic mass is 10.1. The fourth-order valence-corrected chi connectivity index (χ4v) is 2.91. The average molecular weight is 288 g/mol. The summed E-state index contributed by atoms with van der Waals surface area (Å²) in [7, 11) is 0. The highest BCUT2D eigenvalue weighted by molar-refractivity contribution is 7.10. The molecule has 0 saturated carbocycles. The number of hydrogen-bond donors (Lipinski definition) is 2. The van der Waals surface area contributed by atoms with Gasteiger partial charge in [0.25, 0.3) is 5.91 Å². The molecule has 0 spiro atoms. The summed E-state index contributed by atoms with van der Waals surface area (Å²) in [6.45, 7) is 3.00. The van der Waals surface area contributed by atoms with Gasteiger partial charge >= 0.3 is 0 Å². The van der Waals surface area contributed by atoms with Gasteiger partial charge in [0.15, 0.2) is 6.61 Å². The van der Waals surface area contributed by atoms with E-state index in [-0.39, 0.29) is 12.5 Å². The van der Waals surface area contributed by atoms with Gasteiger partial charge in [-0.2, -0.15) is 0 Å². The molecule has 2 heterocycles. The molecule has 104 valence electrons. The largest absolute Gasteiger partial charge is 0.482 e. The van der Waals surface area contributed by atoms with Crippen molar-refractivity contribution in [1.29, 1.82) is 0 Å². The summed E-state index contributed by atoms with van der Waals surface area (Å²) in [5, 5.41) is 8.38. The molecule has 3 rings (SSSR count). The number of amides is 1. The van der Waals surface area contributed by atoms with Gasteiger partial charge in [0, 0.05) is 17.5 Å². The van der Waals surface area contributed by atoms with E-state index in [1.807, 2.05) is 18.2 Å². The van der Waals surface area contributed by atoms with Crippen LogP contribution in [0.4, 0.5) is 5.69 Å². The molecule has 20 heavy (non-hydrogen) atoms. The van der Waals surface area contributed by atoms with Crippen molar-refractivity contribution in [1.82, 2.24) is 5.32 Å². The van der Waals surface area contributed by atoms with Crippen molar-refractivity contribution in [2.24, 2.45) is 0 Å². The van der Waals surface area contributed by atoms with Crippen molar-refractivity contribution in [3.63, 3.8) is 0 Å². The third-order valence-corrected chi connectivity index (χ3v) is 4.31. The van der Waals surface area contributed by atoms with Gasteiger partial charge in [-0.05, 0) is 36.1 Å². The molecule has 0 aliphatic carbocycles. The van der Waals surface area contributed by atoms with E-state index in [0.717, 1.165) is 23.5 Å². The fraction of sp³-hybridized carbons (Fsp3) is 0.267. The third kappa shape index (κ3) is 2.84. The van der Waals surface area contributed by atoms with E-state index in [1.54, 1.807) is 11.3 Å². The van der Waals surface area contributed by atoms with Crippen LogP contribution in [0.1, 0.15) is 23.4 Å². The van der Waals surface area contributed by atoms with Crippen LogP contribution in [0.15, 0.2) is 35.7 Å². The van der Waals surface area contributed by atoms with Crippen molar-refractivity contribution in [3.8, 4) is 5.75 Å². The summed E-state index contributed by atoms with van der Waals surface area (Å²) >= 11 is 1.75. The molecule has 1 aliphatic rings. The van der Waals surface area contributed by atoms with Crippen LogP contribution in [0.2, 0.25) is 0 Å².